The van der Waals surface area contributed by atoms with Gasteiger partial charge in [0, 0.05) is 43.5 Å². The van der Waals surface area contributed by atoms with Crippen LogP contribution >= 0.6 is 0 Å². The third-order valence-electron chi connectivity index (χ3n) is 9.34. The minimum absolute atomic E-state index is 0.0723. The quantitative estimate of drug-likeness (QED) is 0.0398. The predicted octanol–water partition coefficient (Wildman–Crippen LogP) is -1.45. The van der Waals surface area contributed by atoms with Crippen molar-refractivity contribution in [2.24, 2.45) is 0 Å². The normalized spacial score (nSPS) is 15.8. The summed E-state index contributed by atoms with van der Waals surface area (Å²) in [4.78, 5) is 58.6. The van der Waals surface area contributed by atoms with Gasteiger partial charge in [-0.15, -0.1) is 0 Å². The summed E-state index contributed by atoms with van der Waals surface area (Å²) >= 11 is 0. The molecule has 20 nitrogen and oxygen atoms in total. The number of likely N-dealkylation sites (tertiary alicyclic amines) is 1. The first-order valence-electron chi connectivity index (χ1n) is 18.3. The van der Waals surface area contributed by atoms with E-state index >= 15 is 0 Å². The lowest BCUT2D eigenvalue weighted by molar-refractivity contribution is -0.676. The number of piperidine rings is 1. The lowest BCUT2D eigenvalue weighted by Crippen LogP contribution is -2.52. The van der Waals surface area contributed by atoms with Crippen molar-refractivity contribution >= 4 is 58.1 Å². The number of imidazole rings is 1. The molecule has 4 atom stereocenters. The summed E-state index contributed by atoms with van der Waals surface area (Å²) in [5.41, 5.74) is 9.57. The number of aliphatic hydroxyl groups is 5. The molecule has 4 heterocycles. The Balaban J connectivity index is 0.000000609. The van der Waals surface area contributed by atoms with E-state index in [0.29, 0.717) is 62.2 Å². The van der Waals surface area contributed by atoms with Crippen LogP contribution in [0.15, 0.2) is 30.5 Å². The number of alkyl halides is 6. The number of aromatic amines is 1. The Kier molecular flexibility index (Phi) is 17.3. The molecule has 1 aliphatic rings. The van der Waals surface area contributed by atoms with Gasteiger partial charge < -0.3 is 61.5 Å². The van der Waals surface area contributed by atoms with Crippen molar-refractivity contribution in [1.82, 2.24) is 29.7 Å². The number of aliphatic hydroxyl groups excluding tert-OH is 5. The Bertz CT molecular complexity index is 2100. The van der Waals surface area contributed by atoms with Crippen molar-refractivity contribution < 1.29 is 85.8 Å². The molecule has 2 amide bonds. The molecule has 0 saturated carbocycles. The van der Waals surface area contributed by atoms with Crippen molar-refractivity contribution in [1.29, 1.82) is 0 Å². The summed E-state index contributed by atoms with van der Waals surface area (Å²) < 4.78 is 67.5. The van der Waals surface area contributed by atoms with Gasteiger partial charge >= 0.3 is 18.3 Å². The maximum absolute atomic E-state index is 13.4. The van der Waals surface area contributed by atoms with Crippen molar-refractivity contribution in [2.75, 3.05) is 36.9 Å². The number of carbonyl (C=O) groups excluding carboxylic acids is 3. The van der Waals surface area contributed by atoms with Crippen LogP contribution in [0.2, 0.25) is 0 Å². The fourth-order valence-electron chi connectivity index (χ4n) is 6.27. The van der Waals surface area contributed by atoms with Crippen LogP contribution in [-0.2, 0) is 34.0 Å². The number of benzene rings is 1. The molecular weight excluding hydrogens is 836 g/mol. The van der Waals surface area contributed by atoms with Gasteiger partial charge in [0.15, 0.2) is 28.3 Å². The number of β-amino-alcohol motifs (C(OH)–C–C–N with tert-alkyl or cyclic N) is 1. The van der Waals surface area contributed by atoms with Gasteiger partial charge in [0.25, 0.3) is 11.7 Å². The second kappa shape index (κ2) is 21.2. The second-order valence-electron chi connectivity index (χ2n) is 13.4. The number of aliphatic carboxylic acids is 2. The standard InChI is InChI=1S/C31H43N9O7.2C2HF3O2/c1-3-39-21-6-5-18(31(47)34-19-8-11-37(12-9-19)14-23(43)26(45)27(46)24(44)16-41)13-22(21)40(4-2)25(39)15-38(17-42)30-28(32)36-29-20(35-30)7-10-33-29;2*3-2(4,5)1(6)7/h5-7,10,13,17,19,23-24,26-27,41,43-46H,3-4,8-9,11-12,14-16H2,1-2H3,(H3-,32,33,34,35,36,47);2*(H,6,7)/t23-,24+,26+,27+;;/m0../s1. The van der Waals surface area contributed by atoms with Gasteiger partial charge in [-0.2, -0.15) is 26.3 Å². The number of nitrogens with two attached hydrogens (primary N) is 1. The van der Waals surface area contributed by atoms with Crippen LogP contribution in [-0.4, -0.2) is 148 Å². The molecule has 0 bridgehead atoms. The molecule has 0 radical (unpaired) electrons. The number of halogens is 6. The zero-order chi connectivity index (χ0) is 46.0. The average Bonchev–Trinajstić information content (AvgIpc) is 3.79. The Labute approximate surface area is 341 Å². The highest BCUT2D eigenvalue weighted by atomic mass is 19.4. The van der Waals surface area contributed by atoms with E-state index in [9.17, 15) is 56.4 Å². The van der Waals surface area contributed by atoms with E-state index in [1.165, 1.54) is 4.90 Å². The molecule has 10 N–H and O–H groups in total. The molecular formula is C35H45F6N9O11. The third-order valence-corrected chi connectivity index (χ3v) is 9.34. The number of aromatic nitrogens is 5. The minimum Gasteiger partial charge on any atom is -0.542 e. The lowest BCUT2D eigenvalue weighted by Gasteiger charge is -2.35. The largest absolute Gasteiger partial charge is 0.542 e. The molecule has 5 rings (SSSR count). The zero-order valence-corrected chi connectivity index (χ0v) is 32.5. The van der Waals surface area contributed by atoms with Crippen LogP contribution in [0.4, 0.5) is 38.0 Å². The number of fused-ring (bicyclic) bond motifs is 2. The van der Waals surface area contributed by atoms with Gasteiger partial charge in [0.1, 0.15) is 36.3 Å². The maximum atomic E-state index is 13.4. The van der Waals surface area contributed by atoms with Crippen LogP contribution in [0.3, 0.4) is 0 Å². The number of rotatable bonds is 14. The minimum atomic E-state index is -5.19. The summed E-state index contributed by atoms with van der Waals surface area (Å²) in [7, 11) is 0. The third kappa shape index (κ3) is 12.9. The number of nitrogens with one attached hydrogen (secondary N) is 2. The number of amides is 2. The molecule has 61 heavy (non-hydrogen) atoms. The maximum Gasteiger partial charge on any atom is 0.490 e. The smallest absolute Gasteiger partial charge is 0.490 e. The number of nitrogens with zero attached hydrogens (tertiary/aromatic N) is 6. The van der Waals surface area contributed by atoms with E-state index in [2.05, 4.69) is 29.4 Å². The monoisotopic (exact) mass is 881 g/mol. The van der Waals surface area contributed by atoms with Crippen LogP contribution in [0, 0.1) is 0 Å². The number of carboxylic acids is 2. The van der Waals surface area contributed by atoms with Crippen LogP contribution in [0.1, 0.15) is 42.9 Å². The predicted molar refractivity (Wildman–Crippen MR) is 197 cm³/mol. The Hall–Kier alpha value is -5.67. The van der Waals surface area contributed by atoms with E-state index in [-0.39, 0.29) is 36.7 Å². The van der Waals surface area contributed by atoms with Gasteiger partial charge in [0.2, 0.25) is 6.41 Å². The summed E-state index contributed by atoms with van der Waals surface area (Å²) in [5, 5.41) is 67.9. The van der Waals surface area contributed by atoms with Crippen LogP contribution < -0.4 is 25.6 Å². The Morgan fingerprint density at radius 2 is 1.62 bits per heavy atom. The van der Waals surface area contributed by atoms with E-state index in [0.717, 1.165) is 16.9 Å². The van der Waals surface area contributed by atoms with Crippen molar-refractivity contribution in [3.05, 3.63) is 41.9 Å². The van der Waals surface area contributed by atoms with Crippen LogP contribution in [0.5, 0.6) is 0 Å². The molecule has 1 aromatic carbocycles. The molecule has 26 heteroatoms. The Morgan fingerprint density at radius 3 is 2.13 bits per heavy atom. The van der Waals surface area contributed by atoms with Gasteiger partial charge in [-0.05, 0) is 44.9 Å². The summed E-state index contributed by atoms with van der Waals surface area (Å²) in [5.74, 6) is -4.75. The SMILES string of the molecule is CCn1c(CN(C=O)c2nc3cc[nH]c3nc2N)[n+](CC)c2ccc(C(=O)NC3CCN(C[C@H](O)[C@@H](O)[C@H](O)[C@H](O)CO)CC3)cc21.O=C(O)C(F)(F)F.O=C([O-])C(F)(F)F. The summed E-state index contributed by atoms with van der Waals surface area (Å²) in [6.07, 6.45) is -12.8. The van der Waals surface area contributed by atoms with Gasteiger partial charge in [-0.1, -0.05) is 0 Å². The number of hydrogen-bond acceptors (Lipinski definition) is 14. The number of carbonyl (C=O) groups is 4. The highest BCUT2D eigenvalue weighted by molar-refractivity contribution is 5.97. The van der Waals surface area contributed by atoms with Crippen LogP contribution in [0.25, 0.3) is 22.2 Å². The molecule has 1 saturated heterocycles. The molecule has 4 aromatic rings. The fraction of sp³-hybridized carbons (Fsp3) is 0.514. The highest BCUT2D eigenvalue weighted by Crippen LogP contribution is 2.25. The van der Waals surface area contributed by atoms with E-state index in [4.69, 9.17) is 30.6 Å². The first-order chi connectivity index (χ1) is 28.5. The molecule has 1 aliphatic heterocycles. The number of anilines is 2. The number of carboxylic acid groups (broad SMARTS) is 2. The fourth-order valence-corrected chi connectivity index (χ4v) is 6.27. The molecule has 0 unspecified atom stereocenters. The van der Waals surface area contributed by atoms with Crippen molar-refractivity contribution in [3.63, 3.8) is 0 Å². The van der Waals surface area contributed by atoms with E-state index in [1.807, 2.05) is 30.9 Å². The van der Waals surface area contributed by atoms with Crippen molar-refractivity contribution in [3.8, 4) is 0 Å². The second-order valence-corrected chi connectivity index (χ2v) is 13.4. The highest BCUT2D eigenvalue weighted by Gasteiger charge is 2.38. The number of hydrogen-bond donors (Lipinski definition) is 9. The summed E-state index contributed by atoms with van der Waals surface area (Å²) in [6, 6.07) is 7.21. The molecule has 1 fully saturated rings. The van der Waals surface area contributed by atoms with E-state index < -0.39 is 55.3 Å². The zero-order valence-electron chi connectivity index (χ0n) is 32.5. The van der Waals surface area contributed by atoms with E-state index in [1.54, 1.807) is 18.3 Å². The van der Waals surface area contributed by atoms with Gasteiger partial charge in [-0.3, -0.25) is 14.5 Å². The Morgan fingerprint density at radius 1 is 1.03 bits per heavy atom. The summed E-state index contributed by atoms with van der Waals surface area (Å²) in [6.45, 7) is 5.84. The average molecular weight is 882 g/mol. The molecule has 3 aromatic heterocycles. The molecule has 0 spiro atoms. The number of H-pyrrole nitrogens is 1. The van der Waals surface area contributed by atoms with Gasteiger partial charge in [-0.25, -0.2) is 23.9 Å². The molecule has 338 valence electrons. The molecule has 0 aliphatic carbocycles. The van der Waals surface area contributed by atoms with Crippen molar-refractivity contribution in [2.45, 2.75) is 89.1 Å². The lowest BCUT2D eigenvalue weighted by atomic mass is 10.0. The number of aryl methyl sites for hydroxylation is 2. The first kappa shape index (κ1) is 49.7. The topological polar surface area (TPSA) is 308 Å². The first-order valence-corrected chi connectivity index (χ1v) is 18.3. The number of nitrogen functional groups attached to an aromatic ring is 1. The van der Waals surface area contributed by atoms with Gasteiger partial charge in [0.05, 0.1) is 25.8 Å².